The van der Waals surface area contributed by atoms with Gasteiger partial charge in [0.1, 0.15) is 11.9 Å². The summed E-state index contributed by atoms with van der Waals surface area (Å²) in [6.07, 6.45) is 1.74. The number of hydrogen-bond donors (Lipinski definition) is 3. The van der Waals surface area contributed by atoms with Crippen LogP contribution in [0.5, 0.6) is 0 Å². The fourth-order valence-corrected chi connectivity index (χ4v) is 3.07. The summed E-state index contributed by atoms with van der Waals surface area (Å²) in [6.45, 7) is 5.12. The van der Waals surface area contributed by atoms with Crippen LogP contribution in [-0.2, 0) is 4.79 Å². The molecule has 1 aromatic rings. The molecule has 4 N–H and O–H groups in total. The number of benzene rings is 1. The lowest BCUT2D eigenvalue weighted by molar-refractivity contribution is -0.120. The summed E-state index contributed by atoms with van der Waals surface area (Å²) in [5.74, 6) is -0.312. The molecule has 1 heterocycles. The highest BCUT2D eigenvalue weighted by molar-refractivity contribution is 5.81. The number of halogens is 1. The fourth-order valence-electron chi connectivity index (χ4n) is 3.07. The zero-order chi connectivity index (χ0) is 16.8. The van der Waals surface area contributed by atoms with Gasteiger partial charge in [-0.2, -0.15) is 0 Å². The first-order valence-corrected chi connectivity index (χ1v) is 8.14. The van der Waals surface area contributed by atoms with E-state index in [9.17, 15) is 14.3 Å². The van der Waals surface area contributed by atoms with Crippen molar-refractivity contribution in [2.75, 3.05) is 26.2 Å². The summed E-state index contributed by atoms with van der Waals surface area (Å²) in [5.41, 5.74) is 6.15. The van der Waals surface area contributed by atoms with E-state index >= 15 is 0 Å². The first-order chi connectivity index (χ1) is 11.0. The quantitative estimate of drug-likeness (QED) is 0.700. The molecule has 0 spiro atoms. The van der Waals surface area contributed by atoms with Crippen LogP contribution < -0.4 is 11.1 Å². The van der Waals surface area contributed by atoms with E-state index in [1.165, 1.54) is 12.1 Å². The van der Waals surface area contributed by atoms with Crippen LogP contribution in [0.3, 0.4) is 0 Å². The SMILES string of the molecule is C[C@@H](O)CN1CCC(CN[C@@H](C(N)=O)c2ccc(F)cc2)CC1. The Morgan fingerprint density at radius 1 is 1.39 bits per heavy atom. The number of β-amino-alcohol motifs (C(OH)–C–C–N with tert-alkyl or cyclic N) is 1. The molecule has 5 nitrogen and oxygen atoms in total. The average molecular weight is 323 g/mol. The third-order valence-corrected chi connectivity index (χ3v) is 4.33. The van der Waals surface area contributed by atoms with Crippen molar-refractivity contribution in [1.82, 2.24) is 10.2 Å². The number of carbonyl (C=O) groups is 1. The maximum absolute atomic E-state index is 13.0. The van der Waals surface area contributed by atoms with Gasteiger partial charge in [0.25, 0.3) is 0 Å². The summed E-state index contributed by atoms with van der Waals surface area (Å²) < 4.78 is 13.0. The summed E-state index contributed by atoms with van der Waals surface area (Å²) >= 11 is 0. The zero-order valence-electron chi connectivity index (χ0n) is 13.5. The molecule has 0 radical (unpaired) electrons. The van der Waals surface area contributed by atoms with Crippen molar-refractivity contribution in [3.05, 3.63) is 35.6 Å². The summed E-state index contributed by atoms with van der Waals surface area (Å²) in [4.78, 5) is 13.9. The van der Waals surface area contributed by atoms with E-state index in [-0.39, 0.29) is 11.9 Å². The Hall–Kier alpha value is -1.50. The smallest absolute Gasteiger partial charge is 0.239 e. The number of nitrogens with two attached hydrogens (primary N) is 1. The molecular formula is C17H26FN3O2. The molecule has 1 amide bonds. The van der Waals surface area contributed by atoms with Crippen molar-refractivity contribution in [3.63, 3.8) is 0 Å². The number of aliphatic hydroxyl groups excluding tert-OH is 1. The van der Waals surface area contributed by atoms with Crippen LogP contribution >= 0.6 is 0 Å². The van der Waals surface area contributed by atoms with Gasteiger partial charge in [-0.15, -0.1) is 0 Å². The third kappa shape index (κ3) is 5.57. The van der Waals surface area contributed by atoms with Gasteiger partial charge in [-0.05, 0) is 63.0 Å². The van der Waals surface area contributed by atoms with Crippen LogP contribution in [0.1, 0.15) is 31.4 Å². The van der Waals surface area contributed by atoms with Gasteiger partial charge in [0.2, 0.25) is 5.91 Å². The molecule has 0 saturated carbocycles. The molecule has 2 rings (SSSR count). The molecule has 0 aliphatic carbocycles. The fraction of sp³-hybridized carbons (Fsp3) is 0.588. The second kappa shape index (κ2) is 8.38. The van der Waals surface area contributed by atoms with Gasteiger partial charge in [-0.25, -0.2) is 4.39 Å². The van der Waals surface area contributed by atoms with E-state index in [0.717, 1.165) is 25.9 Å². The summed E-state index contributed by atoms with van der Waals surface area (Å²) in [6, 6.07) is 5.25. The number of likely N-dealkylation sites (tertiary alicyclic amines) is 1. The molecule has 0 unspecified atom stereocenters. The lowest BCUT2D eigenvalue weighted by atomic mass is 9.95. The molecule has 0 bridgehead atoms. The molecule has 2 atom stereocenters. The van der Waals surface area contributed by atoms with Crippen molar-refractivity contribution in [2.45, 2.75) is 31.9 Å². The Morgan fingerprint density at radius 3 is 2.52 bits per heavy atom. The Morgan fingerprint density at radius 2 is 2.00 bits per heavy atom. The van der Waals surface area contributed by atoms with Crippen molar-refractivity contribution in [3.8, 4) is 0 Å². The van der Waals surface area contributed by atoms with E-state index in [1.54, 1.807) is 19.1 Å². The van der Waals surface area contributed by atoms with Crippen LogP contribution in [0.2, 0.25) is 0 Å². The van der Waals surface area contributed by atoms with Crippen LogP contribution in [-0.4, -0.2) is 48.2 Å². The lowest BCUT2D eigenvalue weighted by Crippen LogP contribution is -2.42. The second-order valence-electron chi connectivity index (χ2n) is 6.39. The predicted molar refractivity (Wildman–Crippen MR) is 87.2 cm³/mol. The van der Waals surface area contributed by atoms with Gasteiger partial charge in [-0.3, -0.25) is 4.79 Å². The molecule has 1 aliphatic rings. The first kappa shape index (κ1) is 17.8. The number of amides is 1. The average Bonchev–Trinajstić information content (AvgIpc) is 2.50. The summed E-state index contributed by atoms with van der Waals surface area (Å²) in [5, 5.41) is 12.6. The number of piperidine rings is 1. The van der Waals surface area contributed by atoms with Crippen LogP contribution in [0, 0.1) is 11.7 Å². The minimum Gasteiger partial charge on any atom is -0.392 e. The molecule has 1 aliphatic heterocycles. The molecule has 0 aromatic heterocycles. The molecular weight excluding hydrogens is 297 g/mol. The Balaban J connectivity index is 1.83. The van der Waals surface area contributed by atoms with E-state index in [2.05, 4.69) is 10.2 Å². The highest BCUT2D eigenvalue weighted by Gasteiger charge is 2.23. The van der Waals surface area contributed by atoms with Gasteiger partial charge in [0, 0.05) is 6.54 Å². The second-order valence-corrected chi connectivity index (χ2v) is 6.39. The van der Waals surface area contributed by atoms with Gasteiger partial charge in [-0.1, -0.05) is 12.1 Å². The summed E-state index contributed by atoms with van der Waals surface area (Å²) in [7, 11) is 0. The van der Waals surface area contributed by atoms with Crippen LogP contribution in [0.4, 0.5) is 4.39 Å². The Labute approximate surface area is 136 Å². The molecule has 1 saturated heterocycles. The third-order valence-electron chi connectivity index (χ3n) is 4.33. The standard InChI is InChI=1S/C17H26FN3O2/c1-12(22)11-21-8-6-13(7-9-21)10-20-16(17(19)23)14-2-4-15(18)5-3-14/h2-5,12-13,16,20,22H,6-11H2,1H3,(H2,19,23)/t12-,16-/m1/s1. The lowest BCUT2D eigenvalue weighted by Gasteiger charge is -2.33. The minimum atomic E-state index is -0.592. The van der Waals surface area contributed by atoms with E-state index in [0.29, 0.717) is 24.6 Å². The molecule has 1 aromatic carbocycles. The molecule has 1 fully saturated rings. The maximum Gasteiger partial charge on any atom is 0.239 e. The van der Waals surface area contributed by atoms with Crippen molar-refractivity contribution >= 4 is 5.91 Å². The molecule has 6 heteroatoms. The van der Waals surface area contributed by atoms with Gasteiger partial charge in [0.05, 0.1) is 6.10 Å². The minimum absolute atomic E-state index is 0.303. The van der Waals surface area contributed by atoms with Gasteiger partial charge in [0.15, 0.2) is 0 Å². The highest BCUT2D eigenvalue weighted by atomic mass is 19.1. The Kier molecular flexibility index (Phi) is 6.50. The van der Waals surface area contributed by atoms with Crippen LogP contribution in [0.25, 0.3) is 0 Å². The van der Waals surface area contributed by atoms with Gasteiger partial charge < -0.3 is 21.1 Å². The van der Waals surface area contributed by atoms with E-state index < -0.39 is 11.9 Å². The highest BCUT2D eigenvalue weighted by Crippen LogP contribution is 2.19. The molecule has 128 valence electrons. The van der Waals surface area contributed by atoms with Gasteiger partial charge >= 0.3 is 0 Å². The number of nitrogens with zero attached hydrogens (tertiary/aromatic N) is 1. The van der Waals surface area contributed by atoms with Crippen molar-refractivity contribution in [1.29, 1.82) is 0 Å². The van der Waals surface area contributed by atoms with Crippen molar-refractivity contribution in [2.24, 2.45) is 11.7 Å². The number of carbonyl (C=O) groups excluding carboxylic acids is 1. The number of nitrogens with one attached hydrogen (secondary N) is 1. The predicted octanol–water partition coefficient (Wildman–Crippen LogP) is 1.03. The first-order valence-electron chi connectivity index (χ1n) is 8.14. The van der Waals surface area contributed by atoms with Crippen LogP contribution in [0.15, 0.2) is 24.3 Å². The topological polar surface area (TPSA) is 78.6 Å². The van der Waals surface area contributed by atoms with Crippen molar-refractivity contribution < 1.29 is 14.3 Å². The number of primary amides is 1. The van der Waals surface area contributed by atoms with E-state index in [1.807, 2.05) is 0 Å². The van der Waals surface area contributed by atoms with E-state index in [4.69, 9.17) is 5.73 Å². The zero-order valence-corrected chi connectivity index (χ0v) is 13.5. The maximum atomic E-state index is 13.0. The number of rotatable bonds is 7. The monoisotopic (exact) mass is 323 g/mol. The molecule has 23 heavy (non-hydrogen) atoms. The Bertz CT molecular complexity index is 499. The number of aliphatic hydroxyl groups is 1. The number of hydrogen-bond acceptors (Lipinski definition) is 4. The normalized spacial score (nSPS) is 19.4. The largest absolute Gasteiger partial charge is 0.392 e.